The third kappa shape index (κ3) is 4.63. The van der Waals surface area contributed by atoms with E-state index in [9.17, 15) is 9.59 Å². The third-order valence-corrected chi connectivity index (χ3v) is 3.08. The zero-order valence-corrected chi connectivity index (χ0v) is 10.5. The number of carboxylic acid groups (broad SMARTS) is 1. The molecule has 98 valence electrons. The second-order valence-electron chi connectivity index (χ2n) is 4.69. The maximum Gasteiger partial charge on any atom is 0.326 e. The van der Waals surface area contributed by atoms with Crippen LogP contribution in [0.1, 0.15) is 46.0 Å². The molecule has 0 radical (unpaired) electrons. The maximum absolute atomic E-state index is 11.5. The van der Waals surface area contributed by atoms with Crippen molar-refractivity contribution >= 4 is 12.0 Å². The quantitative estimate of drug-likeness (QED) is 0.636. The Kier molecular flexibility index (Phi) is 5.25. The Balaban J connectivity index is 2.26. The van der Waals surface area contributed by atoms with Crippen molar-refractivity contribution in [3.8, 4) is 0 Å². The molecule has 1 fully saturated rings. The molecule has 0 saturated heterocycles. The lowest BCUT2D eigenvalue weighted by Crippen LogP contribution is -2.46. The van der Waals surface area contributed by atoms with Crippen molar-refractivity contribution in [2.75, 3.05) is 0 Å². The van der Waals surface area contributed by atoms with Gasteiger partial charge in [0.05, 0.1) is 0 Å². The van der Waals surface area contributed by atoms with E-state index in [-0.39, 0.29) is 12.1 Å². The number of urea groups is 1. The lowest BCUT2D eigenvalue weighted by molar-refractivity contribution is -0.139. The van der Waals surface area contributed by atoms with E-state index < -0.39 is 12.0 Å². The van der Waals surface area contributed by atoms with Crippen LogP contribution in [0, 0.1) is 5.92 Å². The van der Waals surface area contributed by atoms with Crippen molar-refractivity contribution in [3.63, 3.8) is 0 Å². The molecule has 0 aromatic carbocycles. The van der Waals surface area contributed by atoms with Gasteiger partial charge in [-0.25, -0.2) is 9.59 Å². The van der Waals surface area contributed by atoms with Crippen LogP contribution in [0.3, 0.4) is 0 Å². The summed E-state index contributed by atoms with van der Waals surface area (Å²) in [5.74, 6) is -0.386. The Bertz CT molecular complexity index is 281. The fourth-order valence-electron chi connectivity index (χ4n) is 2.03. The van der Waals surface area contributed by atoms with Crippen LogP contribution >= 0.6 is 0 Å². The Morgan fingerprint density at radius 3 is 2.59 bits per heavy atom. The second kappa shape index (κ2) is 6.47. The van der Waals surface area contributed by atoms with E-state index in [2.05, 4.69) is 17.6 Å². The molecule has 1 aliphatic rings. The molecule has 1 aliphatic carbocycles. The topological polar surface area (TPSA) is 78.4 Å². The van der Waals surface area contributed by atoms with Gasteiger partial charge in [-0.3, -0.25) is 0 Å². The van der Waals surface area contributed by atoms with Crippen molar-refractivity contribution in [2.45, 2.75) is 58.0 Å². The van der Waals surface area contributed by atoms with Crippen molar-refractivity contribution in [1.29, 1.82) is 0 Å². The first kappa shape index (κ1) is 13.8. The second-order valence-corrected chi connectivity index (χ2v) is 4.69. The van der Waals surface area contributed by atoms with Crippen LogP contribution in [0.5, 0.6) is 0 Å². The Hall–Kier alpha value is -1.26. The van der Waals surface area contributed by atoms with Gasteiger partial charge in [-0.15, -0.1) is 0 Å². The SMILES string of the molecule is CCCC(NC(=O)NC1CC1CCC)C(=O)O. The van der Waals surface area contributed by atoms with Gasteiger partial charge in [-0.2, -0.15) is 0 Å². The van der Waals surface area contributed by atoms with E-state index in [1.165, 1.54) is 0 Å². The first-order valence-electron chi connectivity index (χ1n) is 6.38. The number of aliphatic carboxylic acids is 1. The van der Waals surface area contributed by atoms with Gasteiger partial charge in [0.25, 0.3) is 0 Å². The molecule has 0 aliphatic heterocycles. The highest BCUT2D eigenvalue weighted by Gasteiger charge is 2.37. The Morgan fingerprint density at radius 1 is 1.35 bits per heavy atom. The number of rotatable bonds is 7. The highest BCUT2D eigenvalue weighted by atomic mass is 16.4. The molecule has 5 nitrogen and oxygen atoms in total. The van der Waals surface area contributed by atoms with Crippen LogP contribution in [0.15, 0.2) is 0 Å². The summed E-state index contributed by atoms with van der Waals surface area (Å²) in [6.07, 6.45) is 4.47. The molecule has 0 aromatic rings. The van der Waals surface area contributed by atoms with Crippen LogP contribution in [0.2, 0.25) is 0 Å². The van der Waals surface area contributed by atoms with Crippen molar-refractivity contribution in [2.24, 2.45) is 5.92 Å². The number of carbonyl (C=O) groups is 2. The van der Waals surface area contributed by atoms with Gasteiger partial charge in [-0.1, -0.05) is 26.7 Å². The van der Waals surface area contributed by atoms with E-state index in [4.69, 9.17) is 5.11 Å². The molecule has 1 saturated carbocycles. The molecule has 2 amide bonds. The minimum Gasteiger partial charge on any atom is -0.480 e. The predicted molar refractivity (Wildman–Crippen MR) is 64.8 cm³/mol. The van der Waals surface area contributed by atoms with E-state index in [1.54, 1.807) is 0 Å². The van der Waals surface area contributed by atoms with Crippen LogP contribution in [0.25, 0.3) is 0 Å². The van der Waals surface area contributed by atoms with E-state index in [0.717, 1.165) is 25.7 Å². The van der Waals surface area contributed by atoms with Crippen LogP contribution in [-0.2, 0) is 4.79 Å². The van der Waals surface area contributed by atoms with Gasteiger partial charge in [-0.05, 0) is 25.2 Å². The number of carboxylic acids is 1. The molecular formula is C12H22N2O3. The number of amides is 2. The summed E-state index contributed by atoms with van der Waals surface area (Å²) in [6.45, 7) is 4.02. The predicted octanol–water partition coefficient (Wildman–Crippen LogP) is 1.73. The molecule has 0 aromatic heterocycles. The first-order valence-corrected chi connectivity index (χ1v) is 6.38. The van der Waals surface area contributed by atoms with Crippen LogP contribution in [-0.4, -0.2) is 29.2 Å². The monoisotopic (exact) mass is 242 g/mol. The fraction of sp³-hybridized carbons (Fsp3) is 0.833. The van der Waals surface area contributed by atoms with Gasteiger partial charge in [0.1, 0.15) is 6.04 Å². The Morgan fingerprint density at radius 2 is 2.06 bits per heavy atom. The van der Waals surface area contributed by atoms with Crippen LogP contribution < -0.4 is 10.6 Å². The van der Waals surface area contributed by atoms with Crippen LogP contribution in [0.4, 0.5) is 4.79 Å². The normalized spacial score (nSPS) is 23.9. The number of hydrogen-bond acceptors (Lipinski definition) is 2. The molecule has 1 rings (SSSR count). The molecule has 5 heteroatoms. The lowest BCUT2D eigenvalue weighted by atomic mass is 10.2. The fourth-order valence-corrected chi connectivity index (χ4v) is 2.03. The maximum atomic E-state index is 11.5. The first-order chi connectivity index (χ1) is 8.08. The third-order valence-electron chi connectivity index (χ3n) is 3.08. The smallest absolute Gasteiger partial charge is 0.326 e. The summed E-state index contributed by atoms with van der Waals surface area (Å²) >= 11 is 0. The van der Waals surface area contributed by atoms with Gasteiger partial charge in [0.2, 0.25) is 0 Å². The largest absolute Gasteiger partial charge is 0.480 e. The van der Waals surface area contributed by atoms with E-state index in [0.29, 0.717) is 12.3 Å². The van der Waals surface area contributed by atoms with E-state index >= 15 is 0 Å². The summed E-state index contributed by atoms with van der Waals surface area (Å²) < 4.78 is 0. The summed E-state index contributed by atoms with van der Waals surface area (Å²) in [7, 11) is 0. The summed E-state index contributed by atoms with van der Waals surface area (Å²) in [5, 5.41) is 14.2. The lowest BCUT2D eigenvalue weighted by Gasteiger charge is -2.14. The zero-order valence-electron chi connectivity index (χ0n) is 10.5. The highest BCUT2D eigenvalue weighted by molar-refractivity contribution is 5.82. The number of hydrogen-bond donors (Lipinski definition) is 3. The Labute approximate surface area is 102 Å². The van der Waals surface area contributed by atoms with Gasteiger partial charge in [0.15, 0.2) is 0 Å². The van der Waals surface area contributed by atoms with E-state index in [1.807, 2.05) is 6.92 Å². The molecule has 3 atom stereocenters. The standard InChI is InChI=1S/C12H22N2O3/c1-3-5-8-7-10(8)14-12(17)13-9(6-4-2)11(15)16/h8-10H,3-7H2,1-2H3,(H,15,16)(H2,13,14,17). The van der Waals surface area contributed by atoms with Crippen molar-refractivity contribution in [1.82, 2.24) is 10.6 Å². The van der Waals surface area contributed by atoms with Gasteiger partial charge >= 0.3 is 12.0 Å². The molecule has 0 bridgehead atoms. The molecule has 17 heavy (non-hydrogen) atoms. The molecule has 3 unspecified atom stereocenters. The van der Waals surface area contributed by atoms with Crippen molar-refractivity contribution < 1.29 is 14.7 Å². The zero-order chi connectivity index (χ0) is 12.8. The molecule has 0 spiro atoms. The number of nitrogens with one attached hydrogen (secondary N) is 2. The summed E-state index contributed by atoms with van der Waals surface area (Å²) in [6, 6.07) is -0.885. The highest BCUT2D eigenvalue weighted by Crippen LogP contribution is 2.34. The average Bonchev–Trinajstić information content (AvgIpc) is 2.96. The van der Waals surface area contributed by atoms with Gasteiger partial charge < -0.3 is 15.7 Å². The van der Waals surface area contributed by atoms with Gasteiger partial charge in [0, 0.05) is 6.04 Å². The number of carbonyl (C=O) groups excluding carboxylic acids is 1. The molecule has 0 heterocycles. The molecule has 3 N–H and O–H groups in total. The summed E-state index contributed by atoms with van der Waals surface area (Å²) in [4.78, 5) is 22.4. The molecular weight excluding hydrogens is 220 g/mol. The minimum absolute atomic E-state index is 0.242. The summed E-state index contributed by atoms with van der Waals surface area (Å²) in [5.41, 5.74) is 0. The van der Waals surface area contributed by atoms with Crippen molar-refractivity contribution in [3.05, 3.63) is 0 Å². The minimum atomic E-state index is -0.970. The average molecular weight is 242 g/mol.